The SMILES string of the molecule is CC1CSCCN1C(=O)c1c[nH]c2cc(N)ccc12. The van der Waals surface area contributed by atoms with E-state index in [4.69, 9.17) is 5.73 Å². The zero-order valence-electron chi connectivity index (χ0n) is 10.8. The van der Waals surface area contributed by atoms with E-state index in [0.717, 1.165) is 34.5 Å². The zero-order chi connectivity index (χ0) is 13.4. The highest BCUT2D eigenvalue weighted by Gasteiger charge is 2.26. The molecule has 1 saturated heterocycles. The molecule has 1 aliphatic rings. The number of amides is 1. The monoisotopic (exact) mass is 275 g/mol. The van der Waals surface area contributed by atoms with Crippen LogP contribution in [0.15, 0.2) is 24.4 Å². The lowest BCUT2D eigenvalue weighted by atomic mass is 10.1. The van der Waals surface area contributed by atoms with Crippen molar-refractivity contribution in [3.8, 4) is 0 Å². The van der Waals surface area contributed by atoms with Gasteiger partial charge in [0.05, 0.1) is 5.56 Å². The lowest BCUT2D eigenvalue weighted by Gasteiger charge is -2.33. The zero-order valence-corrected chi connectivity index (χ0v) is 11.7. The maximum absolute atomic E-state index is 12.6. The maximum Gasteiger partial charge on any atom is 0.256 e. The molecule has 0 radical (unpaired) electrons. The molecule has 4 nitrogen and oxygen atoms in total. The summed E-state index contributed by atoms with van der Waals surface area (Å²) in [6.07, 6.45) is 1.79. The lowest BCUT2D eigenvalue weighted by Crippen LogP contribution is -2.44. The summed E-state index contributed by atoms with van der Waals surface area (Å²) in [5.41, 5.74) is 8.12. The van der Waals surface area contributed by atoms with Crippen LogP contribution in [0.3, 0.4) is 0 Å². The average Bonchev–Trinajstić information content (AvgIpc) is 2.81. The summed E-state index contributed by atoms with van der Waals surface area (Å²) >= 11 is 1.91. The molecular formula is C14H17N3OS. The molecule has 1 atom stereocenters. The molecule has 1 aromatic heterocycles. The van der Waals surface area contributed by atoms with Crippen LogP contribution in [0.5, 0.6) is 0 Å². The number of H-pyrrole nitrogens is 1. The van der Waals surface area contributed by atoms with Crippen molar-refractivity contribution in [1.29, 1.82) is 0 Å². The summed E-state index contributed by atoms with van der Waals surface area (Å²) in [6.45, 7) is 2.93. The fourth-order valence-corrected chi connectivity index (χ4v) is 3.52. The van der Waals surface area contributed by atoms with Gasteiger partial charge in [-0.1, -0.05) is 0 Å². The number of nitrogens with one attached hydrogen (secondary N) is 1. The number of carbonyl (C=O) groups is 1. The molecule has 3 N–H and O–H groups in total. The Labute approximate surface area is 116 Å². The first kappa shape index (κ1) is 12.4. The van der Waals surface area contributed by atoms with Gasteiger partial charge in [0.1, 0.15) is 0 Å². The van der Waals surface area contributed by atoms with Crippen molar-refractivity contribution in [2.45, 2.75) is 13.0 Å². The number of nitrogen functional groups attached to an aromatic ring is 1. The van der Waals surface area contributed by atoms with Crippen molar-refractivity contribution < 1.29 is 4.79 Å². The smallest absolute Gasteiger partial charge is 0.256 e. The molecule has 19 heavy (non-hydrogen) atoms. The first-order chi connectivity index (χ1) is 9.16. The highest BCUT2D eigenvalue weighted by Crippen LogP contribution is 2.24. The van der Waals surface area contributed by atoms with Gasteiger partial charge in [-0.2, -0.15) is 11.8 Å². The summed E-state index contributed by atoms with van der Waals surface area (Å²) in [4.78, 5) is 17.7. The minimum atomic E-state index is 0.115. The van der Waals surface area contributed by atoms with Crippen LogP contribution in [0.25, 0.3) is 10.9 Å². The Kier molecular flexibility index (Phi) is 3.14. The standard InChI is InChI=1S/C14H17N3OS/c1-9-8-19-5-4-17(9)14(18)12-7-16-13-6-10(15)2-3-11(12)13/h2-3,6-7,9,16H,4-5,8,15H2,1H3. The highest BCUT2D eigenvalue weighted by atomic mass is 32.2. The average molecular weight is 275 g/mol. The fourth-order valence-electron chi connectivity index (χ4n) is 2.50. The number of carbonyl (C=O) groups excluding carboxylic acids is 1. The molecule has 1 unspecified atom stereocenters. The van der Waals surface area contributed by atoms with E-state index < -0.39 is 0 Å². The second-order valence-electron chi connectivity index (χ2n) is 4.93. The molecule has 2 aromatic rings. The van der Waals surface area contributed by atoms with Crippen molar-refractivity contribution in [2.24, 2.45) is 0 Å². The molecule has 100 valence electrons. The molecule has 0 saturated carbocycles. The quantitative estimate of drug-likeness (QED) is 0.785. The highest BCUT2D eigenvalue weighted by molar-refractivity contribution is 7.99. The molecule has 1 fully saturated rings. The van der Waals surface area contributed by atoms with Gasteiger partial charge in [-0.15, -0.1) is 0 Å². The molecule has 5 heteroatoms. The van der Waals surface area contributed by atoms with Crippen LogP contribution in [0.1, 0.15) is 17.3 Å². The molecule has 0 spiro atoms. The number of rotatable bonds is 1. The Hall–Kier alpha value is -1.62. The summed E-state index contributed by atoms with van der Waals surface area (Å²) in [5.74, 6) is 2.15. The van der Waals surface area contributed by atoms with E-state index in [0.29, 0.717) is 11.7 Å². The minimum Gasteiger partial charge on any atom is -0.399 e. The third-order valence-corrected chi connectivity index (χ3v) is 4.75. The van der Waals surface area contributed by atoms with E-state index in [1.165, 1.54) is 0 Å². The van der Waals surface area contributed by atoms with E-state index in [9.17, 15) is 4.79 Å². The van der Waals surface area contributed by atoms with Crippen LogP contribution in [0.2, 0.25) is 0 Å². The number of nitrogens with two attached hydrogens (primary N) is 1. The molecule has 0 aliphatic carbocycles. The third-order valence-electron chi connectivity index (χ3n) is 3.56. The number of nitrogens with zero attached hydrogens (tertiary/aromatic N) is 1. The molecule has 2 heterocycles. The van der Waals surface area contributed by atoms with Crippen molar-refractivity contribution >= 4 is 34.3 Å². The molecule has 1 aliphatic heterocycles. The number of anilines is 1. The van der Waals surface area contributed by atoms with E-state index >= 15 is 0 Å². The fraction of sp³-hybridized carbons (Fsp3) is 0.357. The second-order valence-corrected chi connectivity index (χ2v) is 6.08. The van der Waals surface area contributed by atoms with E-state index in [1.807, 2.05) is 34.9 Å². The van der Waals surface area contributed by atoms with E-state index in [-0.39, 0.29) is 5.91 Å². The normalized spacial score (nSPS) is 19.8. The van der Waals surface area contributed by atoms with Gasteiger partial charge in [0.15, 0.2) is 0 Å². The predicted octanol–water partition coefficient (Wildman–Crippen LogP) is 2.33. The Morgan fingerprint density at radius 1 is 1.53 bits per heavy atom. The molecule has 1 aromatic carbocycles. The summed E-state index contributed by atoms with van der Waals surface area (Å²) in [5, 5.41) is 0.949. The van der Waals surface area contributed by atoms with Crippen LogP contribution >= 0.6 is 11.8 Å². The minimum absolute atomic E-state index is 0.115. The summed E-state index contributed by atoms with van der Waals surface area (Å²) in [7, 11) is 0. The number of aromatic amines is 1. The second kappa shape index (κ2) is 4.81. The van der Waals surface area contributed by atoms with Gasteiger partial charge in [0.25, 0.3) is 5.91 Å². The summed E-state index contributed by atoms with van der Waals surface area (Å²) in [6, 6.07) is 5.91. The number of hydrogen-bond donors (Lipinski definition) is 2. The molecule has 3 rings (SSSR count). The predicted molar refractivity (Wildman–Crippen MR) is 80.5 cm³/mol. The molecular weight excluding hydrogens is 258 g/mol. The van der Waals surface area contributed by atoms with E-state index in [2.05, 4.69) is 11.9 Å². The third kappa shape index (κ3) is 2.18. The first-order valence-electron chi connectivity index (χ1n) is 6.42. The number of hydrogen-bond acceptors (Lipinski definition) is 3. The largest absolute Gasteiger partial charge is 0.399 e. The van der Waals surface area contributed by atoms with Crippen LogP contribution < -0.4 is 5.73 Å². The van der Waals surface area contributed by atoms with Gasteiger partial charge < -0.3 is 15.6 Å². The summed E-state index contributed by atoms with van der Waals surface area (Å²) < 4.78 is 0. The lowest BCUT2D eigenvalue weighted by molar-refractivity contribution is 0.0718. The number of aromatic nitrogens is 1. The van der Waals surface area contributed by atoms with Crippen molar-refractivity contribution in [3.05, 3.63) is 30.0 Å². The molecule has 1 amide bonds. The van der Waals surface area contributed by atoms with Gasteiger partial charge in [-0.05, 0) is 25.1 Å². The Morgan fingerprint density at radius 3 is 3.16 bits per heavy atom. The maximum atomic E-state index is 12.6. The van der Waals surface area contributed by atoms with Crippen LogP contribution in [-0.2, 0) is 0 Å². The van der Waals surface area contributed by atoms with Gasteiger partial charge in [0.2, 0.25) is 0 Å². The number of fused-ring (bicyclic) bond motifs is 1. The van der Waals surface area contributed by atoms with Gasteiger partial charge in [-0.25, -0.2) is 0 Å². The Morgan fingerprint density at radius 2 is 2.37 bits per heavy atom. The van der Waals surface area contributed by atoms with Crippen molar-refractivity contribution in [1.82, 2.24) is 9.88 Å². The van der Waals surface area contributed by atoms with Crippen LogP contribution in [0, 0.1) is 0 Å². The first-order valence-corrected chi connectivity index (χ1v) is 7.57. The Balaban J connectivity index is 1.97. The number of benzene rings is 1. The topological polar surface area (TPSA) is 62.1 Å². The van der Waals surface area contributed by atoms with Gasteiger partial charge in [-0.3, -0.25) is 4.79 Å². The Bertz CT molecular complexity index is 622. The van der Waals surface area contributed by atoms with Gasteiger partial charge >= 0.3 is 0 Å². The van der Waals surface area contributed by atoms with E-state index in [1.54, 1.807) is 6.20 Å². The van der Waals surface area contributed by atoms with Gasteiger partial charge in [0, 0.05) is 46.9 Å². The molecule has 0 bridgehead atoms. The van der Waals surface area contributed by atoms with Crippen molar-refractivity contribution in [2.75, 3.05) is 23.8 Å². The number of thioether (sulfide) groups is 1. The van der Waals surface area contributed by atoms with Crippen LogP contribution in [0.4, 0.5) is 5.69 Å². The van der Waals surface area contributed by atoms with Crippen LogP contribution in [-0.4, -0.2) is 39.9 Å². The van der Waals surface area contributed by atoms with Crippen molar-refractivity contribution in [3.63, 3.8) is 0 Å².